The van der Waals surface area contributed by atoms with E-state index in [0.717, 1.165) is 5.56 Å². The van der Waals surface area contributed by atoms with Crippen LogP contribution < -0.4 is 19.1 Å². The van der Waals surface area contributed by atoms with Crippen LogP contribution in [0.4, 0.5) is 11.4 Å². The maximum Gasteiger partial charge on any atom is 0.264 e. The van der Waals surface area contributed by atoms with Crippen LogP contribution in [0.3, 0.4) is 0 Å². The third-order valence-corrected chi connectivity index (χ3v) is 7.42. The van der Waals surface area contributed by atoms with Gasteiger partial charge in [0.15, 0.2) is 6.61 Å². The van der Waals surface area contributed by atoms with Gasteiger partial charge >= 0.3 is 0 Å². The molecule has 3 aromatic rings. The van der Waals surface area contributed by atoms with Gasteiger partial charge in [-0.3, -0.25) is 9.10 Å². The second-order valence-electron chi connectivity index (χ2n) is 7.56. The Kier molecular flexibility index (Phi) is 6.49. The Morgan fingerprint density at radius 1 is 1.09 bits per heavy atom. The van der Waals surface area contributed by atoms with Crippen molar-refractivity contribution in [3.63, 3.8) is 0 Å². The third-order valence-electron chi connectivity index (χ3n) is 5.37. The summed E-state index contributed by atoms with van der Waals surface area (Å²) in [7, 11) is -2.21. The Bertz CT molecular complexity index is 1310. The first-order chi connectivity index (χ1) is 15.8. The van der Waals surface area contributed by atoms with Crippen molar-refractivity contribution in [1.82, 2.24) is 0 Å². The molecule has 0 saturated heterocycles. The van der Waals surface area contributed by atoms with Crippen molar-refractivity contribution >= 4 is 38.9 Å². The molecule has 0 bridgehead atoms. The molecule has 9 heteroatoms. The number of hydrogen-bond donors (Lipinski definition) is 1. The van der Waals surface area contributed by atoms with E-state index in [1.807, 2.05) is 24.3 Å². The number of sulfonamides is 1. The summed E-state index contributed by atoms with van der Waals surface area (Å²) in [5.74, 6) is 0.492. The van der Waals surface area contributed by atoms with Crippen molar-refractivity contribution in [3.8, 4) is 11.5 Å². The van der Waals surface area contributed by atoms with Gasteiger partial charge in [-0.25, -0.2) is 8.42 Å². The third kappa shape index (κ3) is 4.77. The second-order valence-corrected chi connectivity index (χ2v) is 9.86. The normalized spacial score (nSPS) is 12.9. The number of carbonyl (C=O) groups is 1. The molecule has 0 spiro atoms. The molecule has 0 aliphatic carbocycles. The topological polar surface area (TPSA) is 84.9 Å². The van der Waals surface area contributed by atoms with Gasteiger partial charge in [0.2, 0.25) is 0 Å². The number of halogens is 1. The maximum atomic E-state index is 13.2. The Morgan fingerprint density at radius 3 is 2.61 bits per heavy atom. The van der Waals surface area contributed by atoms with Gasteiger partial charge in [0, 0.05) is 11.6 Å². The number of methoxy groups -OCH3 is 1. The van der Waals surface area contributed by atoms with E-state index in [1.165, 1.54) is 17.5 Å². The van der Waals surface area contributed by atoms with E-state index in [0.29, 0.717) is 46.4 Å². The van der Waals surface area contributed by atoms with Crippen LogP contribution in [0.5, 0.6) is 11.5 Å². The van der Waals surface area contributed by atoms with Crippen molar-refractivity contribution in [2.24, 2.45) is 0 Å². The van der Waals surface area contributed by atoms with Crippen LogP contribution in [-0.4, -0.2) is 34.6 Å². The van der Waals surface area contributed by atoms with Crippen molar-refractivity contribution in [3.05, 3.63) is 76.8 Å². The smallest absolute Gasteiger partial charge is 0.264 e. The monoisotopic (exact) mass is 486 g/mol. The standard InChI is InChI=1S/C24H23ClN2O5S/c1-16-13-19(33(29,30)27-12-11-17-5-3-4-6-21(17)27)8-10-22(16)32-15-24(28)26-20-14-18(25)7-9-23(20)31-2/h3-10,13-14H,11-12,15H2,1-2H3,(H,26,28). The minimum absolute atomic E-state index is 0.178. The van der Waals surface area contributed by atoms with Gasteiger partial charge in [0.25, 0.3) is 15.9 Å². The van der Waals surface area contributed by atoms with Crippen LogP contribution >= 0.6 is 11.6 Å². The second kappa shape index (κ2) is 9.33. The number of amides is 1. The minimum Gasteiger partial charge on any atom is -0.495 e. The molecule has 0 aromatic heterocycles. The van der Waals surface area contributed by atoms with Gasteiger partial charge in [-0.1, -0.05) is 29.8 Å². The van der Waals surface area contributed by atoms with E-state index in [2.05, 4.69) is 5.32 Å². The summed E-state index contributed by atoms with van der Waals surface area (Å²) in [6.07, 6.45) is 0.683. The van der Waals surface area contributed by atoms with E-state index in [1.54, 1.807) is 37.3 Å². The lowest BCUT2D eigenvalue weighted by Gasteiger charge is -2.20. The van der Waals surface area contributed by atoms with E-state index >= 15 is 0 Å². The summed E-state index contributed by atoms with van der Waals surface area (Å²) in [5.41, 5.74) is 2.77. The fourth-order valence-corrected chi connectivity index (χ4v) is 5.50. The molecule has 7 nitrogen and oxygen atoms in total. The number of nitrogens with zero attached hydrogens (tertiary/aromatic N) is 1. The largest absolute Gasteiger partial charge is 0.495 e. The molecule has 4 rings (SSSR count). The molecular formula is C24H23ClN2O5S. The molecule has 0 saturated carbocycles. The van der Waals surface area contributed by atoms with Crippen molar-refractivity contribution in [2.45, 2.75) is 18.2 Å². The predicted molar refractivity (Wildman–Crippen MR) is 128 cm³/mol. The Labute approximate surface area is 197 Å². The zero-order valence-electron chi connectivity index (χ0n) is 18.2. The summed E-state index contributed by atoms with van der Waals surface area (Å²) in [5, 5.41) is 3.16. The molecule has 1 aliphatic heterocycles. The number of rotatable bonds is 7. The van der Waals surface area contributed by atoms with Gasteiger partial charge in [0.05, 0.1) is 23.4 Å². The average Bonchev–Trinajstić information content (AvgIpc) is 3.23. The quantitative estimate of drug-likeness (QED) is 0.534. The molecule has 3 aromatic carbocycles. The highest BCUT2D eigenvalue weighted by atomic mass is 35.5. The molecule has 33 heavy (non-hydrogen) atoms. The molecule has 1 heterocycles. The number of hydrogen-bond acceptors (Lipinski definition) is 5. The van der Waals surface area contributed by atoms with Gasteiger partial charge in [-0.2, -0.15) is 0 Å². The molecule has 172 valence electrons. The van der Waals surface area contributed by atoms with E-state index in [4.69, 9.17) is 21.1 Å². The maximum absolute atomic E-state index is 13.2. The summed E-state index contributed by atoms with van der Waals surface area (Å²) >= 11 is 5.99. The van der Waals surface area contributed by atoms with Crippen LogP contribution in [0.25, 0.3) is 0 Å². The van der Waals surface area contributed by atoms with Gasteiger partial charge < -0.3 is 14.8 Å². The highest BCUT2D eigenvalue weighted by Gasteiger charge is 2.30. The summed E-state index contributed by atoms with van der Waals surface area (Å²) in [6, 6.07) is 17.0. The molecule has 0 unspecified atom stereocenters. The Morgan fingerprint density at radius 2 is 1.85 bits per heavy atom. The van der Waals surface area contributed by atoms with Crippen LogP contribution in [0.1, 0.15) is 11.1 Å². The average molecular weight is 487 g/mol. The first-order valence-corrected chi connectivity index (χ1v) is 12.1. The van der Waals surface area contributed by atoms with Crippen LogP contribution in [0, 0.1) is 6.92 Å². The van der Waals surface area contributed by atoms with Crippen molar-refractivity contribution < 1.29 is 22.7 Å². The summed E-state index contributed by atoms with van der Waals surface area (Å²) in [6.45, 7) is 1.89. The summed E-state index contributed by atoms with van der Waals surface area (Å²) in [4.78, 5) is 12.5. The van der Waals surface area contributed by atoms with E-state index < -0.39 is 15.9 Å². The van der Waals surface area contributed by atoms with Crippen LogP contribution in [0.2, 0.25) is 5.02 Å². The van der Waals surface area contributed by atoms with Gasteiger partial charge in [-0.15, -0.1) is 0 Å². The molecular weight excluding hydrogens is 464 g/mol. The summed E-state index contributed by atoms with van der Waals surface area (Å²) < 4.78 is 38.7. The molecule has 0 atom stereocenters. The fourth-order valence-electron chi connectivity index (χ4n) is 3.74. The van der Waals surface area contributed by atoms with Gasteiger partial charge in [0.1, 0.15) is 11.5 Å². The number of ether oxygens (including phenoxy) is 2. The number of fused-ring (bicyclic) bond motifs is 1. The minimum atomic E-state index is -3.70. The zero-order chi connectivity index (χ0) is 23.6. The Balaban J connectivity index is 1.45. The number of anilines is 2. The lowest BCUT2D eigenvalue weighted by atomic mass is 10.2. The Hall–Kier alpha value is -3.23. The van der Waals surface area contributed by atoms with Crippen molar-refractivity contribution in [1.29, 1.82) is 0 Å². The molecule has 0 radical (unpaired) electrons. The molecule has 1 amide bonds. The number of carbonyl (C=O) groups excluding carboxylic acids is 1. The number of aryl methyl sites for hydroxylation is 1. The SMILES string of the molecule is COc1ccc(Cl)cc1NC(=O)COc1ccc(S(=O)(=O)N2CCc3ccccc32)cc1C. The number of nitrogens with one attached hydrogen (secondary N) is 1. The van der Waals surface area contributed by atoms with Crippen molar-refractivity contribution in [2.75, 3.05) is 29.9 Å². The first-order valence-electron chi connectivity index (χ1n) is 10.3. The molecule has 0 fully saturated rings. The first kappa shape index (κ1) is 22.9. The lowest BCUT2D eigenvalue weighted by molar-refractivity contribution is -0.118. The zero-order valence-corrected chi connectivity index (χ0v) is 19.7. The molecule has 1 N–H and O–H groups in total. The van der Waals surface area contributed by atoms with E-state index in [9.17, 15) is 13.2 Å². The molecule has 1 aliphatic rings. The van der Waals surface area contributed by atoms with E-state index in [-0.39, 0.29) is 11.5 Å². The van der Waals surface area contributed by atoms with Gasteiger partial charge in [-0.05, 0) is 66.9 Å². The van der Waals surface area contributed by atoms with Crippen LogP contribution in [-0.2, 0) is 21.2 Å². The highest BCUT2D eigenvalue weighted by molar-refractivity contribution is 7.92. The fraction of sp³-hybridized carbons (Fsp3) is 0.208. The predicted octanol–water partition coefficient (Wildman–Crippen LogP) is 4.43. The lowest BCUT2D eigenvalue weighted by Crippen LogP contribution is -2.29. The number of para-hydroxylation sites is 1. The number of benzene rings is 3. The highest BCUT2D eigenvalue weighted by Crippen LogP contribution is 2.34. The van der Waals surface area contributed by atoms with Crippen LogP contribution in [0.15, 0.2) is 65.6 Å².